The monoisotopic (exact) mass is 291 g/mol. The van der Waals surface area contributed by atoms with E-state index in [2.05, 4.69) is 31.7 Å². The lowest BCUT2D eigenvalue weighted by molar-refractivity contribution is 0.0611. The number of para-hydroxylation sites is 1. The van der Waals surface area contributed by atoms with Crippen molar-refractivity contribution < 1.29 is 9.84 Å². The quantitative estimate of drug-likeness (QED) is 0.904. The van der Waals surface area contributed by atoms with Crippen LogP contribution in [0, 0.1) is 0 Å². The summed E-state index contributed by atoms with van der Waals surface area (Å²) in [7, 11) is 0. The second-order valence-electron chi connectivity index (χ2n) is 7.07. The van der Waals surface area contributed by atoms with E-state index < -0.39 is 6.10 Å². The summed E-state index contributed by atoms with van der Waals surface area (Å²) in [6.45, 7) is 9.84. The van der Waals surface area contributed by atoms with Crippen LogP contribution in [0.4, 0.5) is 0 Å². The molecule has 0 spiro atoms. The molecule has 1 saturated heterocycles. The number of ether oxygens (including phenoxy) is 1. The van der Waals surface area contributed by atoms with Crippen LogP contribution >= 0.6 is 0 Å². The molecule has 0 saturated carbocycles. The Morgan fingerprint density at radius 3 is 2.48 bits per heavy atom. The van der Waals surface area contributed by atoms with Crippen LogP contribution in [0.3, 0.4) is 0 Å². The summed E-state index contributed by atoms with van der Waals surface area (Å²) >= 11 is 0. The molecule has 1 aliphatic rings. The Morgan fingerprint density at radius 1 is 1.14 bits per heavy atom. The first kappa shape index (κ1) is 16.3. The number of benzene rings is 1. The average Bonchev–Trinajstić information content (AvgIpc) is 2.45. The second-order valence-corrected chi connectivity index (χ2v) is 7.07. The minimum absolute atomic E-state index is 0.0500. The van der Waals surface area contributed by atoms with Crippen molar-refractivity contribution in [2.75, 3.05) is 26.2 Å². The van der Waals surface area contributed by atoms with Crippen molar-refractivity contribution in [3.8, 4) is 5.75 Å². The Balaban J connectivity index is 1.87. The van der Waals surface area contributed by atoms with Crippen molar-refractivity contribution in [3.63, 3.8) is 0 Å². The van der Waals surface area contributed by atoms with Gasteiger partial charge < -0.3 is 14.7 Å². The molecule has 1 aliphatic heterocycles. The van der Waals surface area contributed by atoms with Gasteiger partial charge in [-0.1, -0.05) is 45.4 Å². The van der Waals surface area contributed by atoms with Gasteiger partial charge in [0.1, 0.15) is 18.5 Å². The van der Waals surface area contributed by atoms with E-state index in [0.29, 0.717) is 6.61 Å². The van der Waals surface area contributed by atoms with E-state index in [1.54, 1.807) is 0 Å². The first-order chi connectivity index (χ1) is 9.97. The van der Waals surface area contributed by atoms with E-state index in [9.17, 15) is 5.11 Å². The molecule has 0 bridgehead atoms. The fraction of sp³-hybridized carbons (Fsp3) is 0.667. The first-order valence-electron chi connectivity index (χ1n) is 8.09. The topological polar surface area (TPSA) is 32.7 Å². The molecule has 2 rings (SSSR count). The number of aliphatic hydroxyl groups is 1. The summed E-state index contributed by atoms with van der Waals surface area (Å²) in [4.78, 5) is 2.34. The maximum absolute atomic E-state index is 10.2. The Labute approximate surface area is 128 Å². The Hall–Kier alpha value is -1.06. The van der Waals surface area contributed by atoms with Crippen LogP contribution in [-0.4, -0.2) is 42.4 Å². The molecule has 3 nitrogen and oxygen atoms in total. The van der Waals surface area contributed by atoms with Gasteiger partial charge in [-0.2, -0.15) is 0 Å². The van der Waals surface area contributed by atoms with Crippen LogP contribution < -0.4 is 4.74 Å². The predicted octanol–water partition coefficient (Wildman–Crippen LogP) is 3.21. The van der Waals surface area contributed by atoms with Crippen molar-refractivity contribution in [3.05, 3.63) is 29.8 Å². The fourth-order valence-corrected chi connectivity index (χ4v) is 2.89. The Bertz CT molecular complexity index is 433. The number of likely N-dealkylation sites (tertiary alicyclic amines) is 1. The molecule has 0 aliphatic carbocycles. The van der Waals surface area contributed by atoms with Crippen molar-refractivity contribution in [2.45, 2.75) is 51.6 Å². The normalized spacial score (nSPS) is 18.5. The summed E-state index contributed by atoms with van der Waals surface area (Å²) < 4.78 is 5.89. The molecule has 1 aromatic carbocycles. The van der Waals surface area contributed by atoms with Crippen LogP contribution in [0.1, 0.15) is 45.6 Å². The molecule has 1 heterocycles. The number of aliphatic hydroxyl groups excluding tert-OH is 1. The number of β-amino-alcohol motifs (C(OH)–C–C–N with tert-alkyl or cyclic N) is 1. The number of nitrogens with zero attached hydrogens (tertiary/aromatic N) is 1. The molecule has 0 unspecified atom stereocenters. The SMILES string of the molecule is CC(C)(C)c1ccccc1OC[C@H](O)CN1CCCCC1. The van der Waals surface area contributed by atoms with Crippen molar-refractivity contribution in [2.24, 2.45) is 0 Å². The summed E-state index contributed by atoms with van der Waals surface area (Å²) in [5.74, 6) is 0.891. The van der Waals surface area contributed by atoms with Crippen LogP contribution in [0.2, 0.25) is 0 Å². The maximum atomic E-state index is 10.2. The zero-order valence-corrected chi connectivity index (χ0v) is 13.6. The molecule has 1 aromatic rings. The van der Waals surface area contributed by atoms with Gasteiger partial charge >= 0.3 is 0 Å². The Kier molecular flexibility index (Phi) is 5.65. The fourth-order valence-electron chi connectivity index (χ4n) is 2.89. The molecule has 3 heteroatoms. The largest absolute Gasteiger partial charge is 0.491 e. The molecule has 118 valence electrons. The predicted molar refractivity (Wildman–Crippen MR) is 86.9 cm³/mol. The van der Waals surface area contributed by atoms with Gasteiger partial charge in [0.15, 0.2) is 0 Å². The van der Waals surface area contributed by atoms with E-state index in [4.69, 9.17) is 4.74 Å². The van der Waals surface area contributed by atoms with Crippen molar-refractivity contribution in [1.29, 1.82) is 0 Å². The molecule has 21 heavy (non-hydrogen) atoms. The number of hydrogen-bond donors (Lipinski definition) is 1. The highest BCUT2D eigenvalue weighted by Crippen LogP contribution is 2.30. The Morgan fingerprint density at radius 2 is 1.81 bits per heavy atom. The van der Waals surface area contributed by atoms with Crippen LogP contribution in [-0.2, 0) is 5.41 Å². The van der Waals surface area contributed by atoms with E-state index in [1.165, 1.54) is 24.8 Å². The zero-order chi connectivity index (χ0) is 15.3. The summed E-state index contributed by atoms with van der Waals surface area (Å²) in [6, 6.07) is 8.12. The zero-order valence-electron chi connectivity index (χ0n) is 13.6. The van der Waals surface area contributed by atoms with Gasteiger partial charge in [0, 0.05) is 6.54 Å². The summed E-state index contributed by atoms with van der Waals surface area (Å²) in [5, 5.41) is 10.2. The van der Waals surface area contributed by atoms with E-state index in [1.807, 2.05) is 18.2 Å². The molecule has 0 radical (unpaired) electrons. The van der Waals surface area contributed by atoms with Crippen LogP contribution in [0.15, 0.2) is 24.3 Å². The lowest BCUT2D eigenvalue weighted by atomic mass is 9.86. The summed E-state index contributed by atoms with van der Waals surface area (Å²) in [6.07, 6.45) is 3.40. The third kappa shape index (κ3) is 5.01. The second kappa shape index (κ2) is 7.28. The van der Waals surface area contributed by atoms with Gasteiger partial charge in [-0.05, 0) is 43.0 Å². The van der Waals surface area contributed by atoms with E-state index in [-0.39, 0.29) is 5.41 Å². The number of hydrogen-bond acceptors (Lipinski definition) is 3. The molecular weight excluding hydrogens is 262 g/mol. The van der Waals surface area contributed by atoms with E-state index >= 15 is 0 Å². The van der Waals surface area contributed by atoms with Crippen molar-refractivity contribution >= 4 is 0 Å². The first-order valence-corrected chi connectivity index (χ1v) is 8.09. The van der Waals surface area contributed by atoms with Gasteiger partial charge in [0.05, 0.1) is 0 Å². The lowest BCUT2D eigenvalue weighted by Gasteiger charge is -2.29. The van der Waals surface area contributed by atoms with E-state index in [0.717, 1.165) is 25.4 Å². The van der Waals surface area contributed by atoms with Gasteiger partial charge in [0.25, 0.3) is 0 Å². The van der Waals surface area contributed by atoms with Gasteiger partial charge in [-0.25, -0.2) is 0 Å². The third-order valence-corrected chi connectivity index (χ3v) is 4.04. The highest BCUT2D eigenvalue weighted by molar-refractivity contribution is 5.38. The van der Waals surface area contributed by atoms with Crippen LogP contribution in [0.5, 0.6) is 5.75 Å². The maximum Gasteiger partial charge on any atom is 0.123 e. The average molecular weight is 291 g/mol. The third-order valence-electron chi connectivity index (χ3n) is 4.04. The number of piperidine rings is 1. The van der Waals surface area contributed by atoms with Gasteiger partial charge in [-0.15, -0.1) is 0 Å². The highest BCUT2D eigenvalue weighted by Gasteiger charge is 2.20. The van der Waals surface area contributed by atoms with Crippen molar-refractivity contribution in [1.82, 2.24) is 4.90 Å². The lowest BCUT2D eigenvalue weighted by Crippen LogP contribution is -2.38. The molecule has 0 aromatic heterocycles. The molecule has 1 fully saturated rings. The highest BCUT2D eigenvalue weighted by atomic mass is 16.5. The van der Waals surface area contributed by atoms with Gasteiger partial charge in [0.2, 0.25) is 0 Å². The smallest absolute Gasteiger partial charge is 0.123 e. The molecule has 1 atom stereocenters. The molecule has 0 amide bonds. The standard InChI is InChI=1S/C18H29NO2/c1-18(2,3)16-9-5-6-10-17(16)21-14-15(20)13-19-11-7-4-8-12-19/h5-6,9-10,15,20H,4,7-8,11-14H2,1-3H3/t15-/m1/s1. The minimum atomic E-state index is -0.420. The summed E-state index contributed by atoms with van der Waals surface area (Å²) in [5.41, 5.74) is 1.24. The minimum Gasteiger partial charge on any atom is -0.491 e. The van der Waals surface area contributed by atoms with Gasteiger partial charge in [-0.3, -0.25) is 0 Å². The van der Waals surface area contributed by atoms with Crippen LogP contribution in [0.25, 0.3) is 0 Å². The number of rotatable bonds is 5. The molecule has 1 N–H and O–H groups in total. The molecular formula is C18H29NO2.